The van der Waals surface area contributed by atoms with Crippen LogP contribution in [0.5, 0.6) is 11.5 Å². The molecule has 1 aliphatic heterocycles. The molecule has 5 heteroatoms. The summed E-state index contributed by atoms with van der Waals surface area (Å²) in [6.45, 7) is 6.88. The van der Waals surface area contributed by atoms with Crippen molar-refractivity contribution in [2.24, 2.45) is 22.9 Å². The van der Waals surface area contributed by atoms with Gasteiger partial charge in [0.05, 0.1) is 0 Å². The highest BCUT2D eigenvalue weighted by atomic mass is 16.6. The van der Waals surface area contributed by atoms with E-state index in [2.05, 4.69) is 31.3 Å². The van der Waals surface area contributed by atoms with Crippen LogP contribution < -0.4 is 14.9 Å². The molecular weight excluding hydrogens is 304 g/mol. The highest BCUT2D eigenvalue weighted by Gasteiger charge is 2.29. The number of ether oxygens (including phenoxy) is 2. The van der Waals surface area contributed by atoms with Crippen molar-refractivity contribution in [1.29, 1.82) is 0 Å². The van der Waals surface area contributed by atoms with Gasteiger partial charge in [-0.05, 0) is 43.2 Å². The van der Waals surface area contributed by atoms with E-state index in [1.54, 1.807) is 6.07 Å². The van der Waals surface area contributed by atoms with Gasteiger partial charge in [0.1, 0.15) is 6.61 Å². The molecular formula is C19H26N2O3. The highest BCUT2D eigenvalue weighted by Crippen LogP contribution is 2.32. The summed E-state index contributed by atoms with van der Waals surface area (Å²) in [5.41, 5.74) is 3.81. The quantitative estimate of drug-likeness (QED) is 0.864. The summed E-state index contributed by atoms with van der Waals surface area (Å²) in [5, 5.41) is 4.45. The third kappa shape index (κ3) is 3.71. The third-order valence-electron chi connectivity index (χ3n) is 4.87. The number of carbonyl (C=O) groups excluding carboxylic acids is 1. The number of benzene rings is 1. The van der Waals surface area contributed by atoms with E-state index in [0.717, 1.165) is 18.6 Å². The van der Waals surface area contributed by atoms with Crippen LogP contribution in [0.2, 0.25) is 0 Å². The second-order valence-electron chi connectivity index (χ2n) is 7.18. The molecule has 1 aliphatic carbocycles. The molecule has 0 bridgehead atoms. The van der Waals surface area contributed by atoms with E-state index in [-0.39, 0.29) is 12.5 Å². The summed E-state index contributed by atoms with van der Waals surface area (Å²) in [6, 6.07) is 7.38. The van der Waals surface area contributed by atoms with Gasteiger partial charge in [-0.2, -0.15) is 5.10 Å². The molecule has 1 fully saturated rings. The number of nitrogens with zero attached hydrogens (tertiary/aromatic N) is 1. The molecule has 0 aromatic heterocycles. The Morgan fingerprint density at radius 3 is 2.75 bits per heavy atom. The van der Waals surface area contributed by atoms with Gasteiger partial charge < -0.3 is 9.47 Å². The van der Waals surface area contributed by atoms with Gasteiger partial charge in [-0.15, -0.1) is 0 Å². The summed E-state index contributed by atoms with van der Waals surface area (Å²) < 4.78 is 11.3. The smallest absolute Gasteiger partial charge is 0.284 e. The first-order valence-corrected chi connectivity index (χ1v) is 8.79. The molecule has 24 heavy (non-hydrogen) atoms. The molecule has 1 amide bonds. The summed E-state index contributed by atoms with van der Waals surface area (Å²) in [4.78, 5) is 12.4. The normalized spacial score (nSPS) is 28.0. The molecule has 0 saturated heterocycles. The second kappa shape index (κ2) is 7.24. The number of para-hydroxylation sites is 2. The molecule has 1 aromatic rings. The first-order chi connectivity index (χ1) is 11.5. The SMILES string of the molecule is CC(C)[C@@H]1CC[C@@H](C)C/C1=N/NC(=O)[C@@H]1COc2ccccc2O1. The van der Waals surface area contributed by atoms with Gasteiger partial charge in [-0.1, -0.05) is 32.9 Å². The topological polar surface area (TPSA) is 59.9 Å². The number of carbonyl (C=O) groups is 1. The first-order valence-electron chi connectivity index (χ1n) is 8.79. The average Bonchev–Trinajstić information content (AvgIpc) is 2.59. The van der Waals surface area contributed by atoms with E-state index in [9.17, 15) is 4.79 Å². The van der Waals surface area contributed by atoms with E-state index in [1.807, 2.05) is 18.2 Å². The van der Waals surface area contributed by atoms with Crippen molar-refractivity contribution < 1.29 is 14.3 Å². The minimum atomic E-state index is -0.664. The van der Waals surface area contributed by atoms with Crippen molar-refractivity contribution in [3.8, 4) is 11.5 Å². The summed E-state index contributed by atoms with van der Waals surface area (Å²) in [7, 11) is 0. The molecule has 3 rings (SSSR count). The number of hydrogen-bond acceptors (Lipinski definition) is 4. The Morgan fingerprint density at radius 2 is 2.00 bits per heavy atom. The third-order valence-corrected chi connectivity index (χ3v) is 4.87. The molecule has 5 nitrogen and oxygen atoms in total. The molecule has 3 atom stereocenters. The van der Waals surface area contributed by atoms with Gasteiger partial charge in [0.15, 0.2) is 11.5 Å². The van der Waals surface area contributed by atoms with Gasteiger partial charge in [-0.25, -0.2) is 5.43 Å². The van der Waals surface area contributed by atoms with Crippen LogP contribution >= 0.6 is 0 Å². The van der Waals surface area contributed by atoms with E-state index in [4.69, 9.17) is 9.47 Å². The standard InChI is InChI=1S/C19H26N2O3/c1-12(2)14-9-8-13(3)10-15(14)20-21-19(22)18-11-23-16-6-4-5-7-17(16)24-18/h4-7,12-14,18H,8-11H2,1-3H3,(H,21,22)/b20-15-/t13-,14+,18+/m1/s1. The van der Waals surface area contributed by atoms with Crippen LogP contribution in [0.3, 0.4) is 0 Å². The van der Waals surface area contributed by atoms with Crippen LogP contribution in [0.4, 0.5) is 0 Å². The maximum absolute atomic E-state index is 12.4. The number of fused-ring (bicyclic) bond motifs is 1. The fourth-order valence-electron chi connectivity index (χ4n) is 3.44. The molecule has 1 N–H and O–H groups in total. The van der Waals surface area contributed by atoms with Gasteiger partial charge >= 0.3 is 0 Å². The van der Waals surface area contributed by atoms with Crippen LogP contribution in [-0.4, -0.2) is 24.3 Å². The Hall–Kier alpha value is -2.04. The maximum atomic E-state index is 12.4. The maximum Gasteiger partial charge on any atom is 0.284 e. The average molecular weight is 330 g/mol. The fourth-order valence-corrected chi connectivity index (χ4v) is 3.44. The van der Waals surface area contributed by atoms with Crippen molar-refractivity contribution in [3.63, 3.8) is 0 Å². The number of amides is 1. The van der Waals surface area contributed by atoms with Crippen molar-refractivity contribution in [3.05, 3.63) is 24.3 Å². The Balaban J connectivity index is 1.64. The summed E-state index contributed by atoms with van der Waals surface area (Å²) >= 11 is 0. The molecule has 0 spiro atoms. The van der Waals surface area contributed by atoms with E-state index >= 15 is 0 Å². The molecule has 1 heterocycles. The van der Waals surface area contributed by atoms with Crippen LogP contribution in [0, 0.1) is 17.8 Å². The highest BCUT2D eigenvalue weighted by molar-refractivity contribution is 5.90. The Morgan fingerprint density at radius 1 is 1.25 bits per heavy atom. The minimum absolute atomic E-state index is 0.206. The Bertz CT molecular complexity index is 627. The molecule has 0 radical (unpaired) electrons. The van der Waals surface area contributed by atoms with Crippen LogP contribution in [0.1, 0.15) is 40.0 Å². The molecule has 0 unspecified atom stereocenters. The zero-order valence-corrected chi connectivity index (χ0v) is 14.6. The fraction of sp³-hybridized carbons (Fsp3) is 0.579. The van der Waals surface area contributed by atoms with E-state index < -0.39 is 6.10 Å². The lowest BCUT2D eigenvalue weighted by Crippen LogP contribution is -2.43. The van der Waals surface area contributed by atoms with Crippen LogP contribution in [0.15, 0.2) is 29.4 Å². The van der Waals surface area contributed by atoms with Crippen LogP contribution in [-0.2, 0) is 4.79 Å². The lowest BCUT2D eigenvalue weighted by Gasteiger charge is -2.31. The second-order valence-corrected chi connectivity index (χ2v) is 7.18. The van der Waals surface area contributed by atoms with E-state index in [0.29, 0.717) is 29.3 Å². The van der Waals surface area contributed by atoms with Crippen molar-refractivity contribution in [2.75, 3.05) is 6.61 Å². The molecule has 2 aliphatic rings. The molecule has 1 aromatic carbocycles. The largest absolute Gasteiger partial charge is 0.485 e. The van der Waals surface area contributed by atoms with Crippen molar-refractivity contribution in [2.45, 2.75) is 46.1 Å². The number of hydrogen-bond donors (Lipinski definition) is 1. The van der Waals surface area contributed by atoms with Gasteiger partial charge in [0.25, 0.3) is 5.91 Å². The van der Waals surface area contributed by atoms with Crippen molar-refractivity contribution >= 4 is 11.6 Å². The minimum Gasteiger partial charge on any atom is -0.485 e. The zero-order valence-electron chi connectivity index (χ0n) is 14.6. The lowest BCUT2D eigenvalue weighted by molar-refractivity contribution is -0.130. The molecule has 1 saturated carbocycles. The van der Waals surface area contributed by atoms with E-state index in [1.165, 1.54) is 6.42 Å². The first kappa shape index (κ1) is 16.8. The number of hydrazone groups is 1. The monoisotopic (exact) mass is 330 g/mol. The Kier molecular flexibility index (Phi) is 5.07. The summed E-state index contributed by atoms with van der Waals surface area (Å²) in [5.74, 6) is 2.63. The van der Waals surface area contributed by atoms with Gasteiger partial charge in [0, 0.05) is 11.6 Å². The molecule has 130 valence electrons. The predicted octanol–water partition coefficient (Wildman–Crippen LogP) is 3.39. The van der Waals surface area contributed by atoms with Crippen molar-refractivity contribution in [1.82, 2.24) is 5.43 Å². The van der Waals surface area contributed by atoms with Gasteiger partial charge in [0.2, 0.25) is 6.10 Å². The number of rotatable bonds is 3. The van der Waals surface area contributed by atoms with Gasteiger partial charge in [-0.3, -0.25) is 4.79 Å². The summed E-state index contributed by atoms with van der Waals surface area (Å²) in [6.07, 6.45) is 2.66. The van der Waals surface area contributed by atoms with Crippen LogP contribution in [0.25, 0.3) is 0 Å². The number of nitrogens with one attached hydrogen (secondary N) is 1. The zero-order chi connectivity index (χ0) is 17.1. The lowest BCUT2D eigenvalue weighted by atomic mass is 9.76. The predicted molar refractivity (Wildman–Crippen MR) is 93.3 cm³/mol. The Labute approximate surface area is 143 Å².